The van der Waals surface area contributed by atoms with Crippen LogP contribution < -0.4 is 5.32 Å². The van der Waals surface area contributed by atoms with Gasteiger partial charge in [-0.2, -0.15) is 0 Å². The number of hydrogen-bond acceptors (Lipinski definition) is 4. The molecule has 1 amide bonds. The first-order valence-corrected chi connectivity index (χ1v) is 8.20. The smallest absolute Gasteiger partial charge is 0.225 e. The van der Waals surface area contributed by atoms with E-state index in [1.54, 1.807) is 6.20 Å². The lowest BCUT2D eigenvalue weighted by Gasteiger charge is -2.21. The van der Waals surface area contributed by atoms with E-state index < -0.39 is 9.84 Å². The molecule has 0 aromatic carbocycles. The van der Waals surface area contributed by atoms with Gasteiger partial charge in [-0.3, -0.25) is 4.79 Å². The molecule has 2 rings (SSSR count). The van der Waals surface area contributed by atoms with E-state index in [1.165, 1.54) is 0 Å². The number of aromatic nitrogens is 1. The van der Waals surface area contributed by atoms with Crippen LogP contribution in [0.5, 0.6) is 0 Å². The van der Waals surface area contributed by atoms with E-state index in [2.05, 4.69) is 10.3 Å². The average molecular weight is 282 g/mol. The van der Waals surface area contributed by atoms with Crippen molar-refractivity contribution < 1.29 is 13.2 Å². The Bertz CT molecular complexity index is 555. The quantitative estimate of drug-likeness (QED) is 0.912. The molecule has 0 bridgehead atoms. The molecule has 1 N–H and O–H groups in total. The Balaban J connectivity index is 1.85. The second-order valence-corrected chi connectivity index (χ2v) is 7.37. The summed E-state index contributed by atoms with van der Waals surface area (Å²) in [6.45, 7) is 1.93. The number of amides is 1. The fourth-order valence-electron chi connectivity index (χ4n) is 2.20. The van der Waals surface area contributed by atoms with E-state index in [0.29, 0.717) is 25.1 Å². The molecular weight excluding hydrogens is 264 g/mol. The molecule has 0 spiro atoms. The van der Waals surface area contributed by atoms with Crippen molar-refractivity contribution in [3.8, 4) is 0 Å². The average Bonchev–Trinajstić information content (AvgIpc) is 2.32. The molecule has 0 radical (unpaired) electrons. The molecule has 1 aliphatic heterocycles. The van der Waals surface area contributed by atoms with Crippen LogP contribution in [0.25, 0.3) is 0 Å². The summed E-state index contributed by atoms with van der Waals surface area (Å²) < 4.78 is 22.6. The van der Waals surface area contributed by atoms with E-state index in [0.717, 1.165) is 5.56 Å². The molecule has 6 heteroatoms. The zero-order valence-electron chi connectivity index (χ0n) is 10.9. The zero-order valence-corrected chi connectivity index (χ0v) is 11.7. The molecule has 2 heterocycles. The van der Waals surface area contributed by atoms with Crippen LogP contribution in [0.15, 0.2) is 18.3 Å². The summed E-state index contributed by atoms with van der Waals surface area (Å²) in [6, 6.07) is 3.67. The molecule has 0 atom stereocenters. The van der Waals surface area contributed by atoms with Gasteiger partial charge >= 0.3 is 0 Å². The van der Waals surface area contributed by atoms with Crippen LogP contribution >= 0.6 is 0 Å². The van der Waals surface area contributed by atoms with Gasteiger partial charge in [0.05, 0.1) is 11.5 Å². The van der Waals surface area contributed by atoms with Crippen LogP contribution in [0, 0.1) is 12.8 Å². The van der Waals surface area contributed by atoms with Gasteiger partial charge in [-0.05, 0) is 43.4 Å². The van der Waals surface area contributed by atoms with Gasteiger partial charge in [-0.1, -0.05) is 0 Å². The lowest BCUT2D eigenvalue weighted by atomic mass is 9.98. The van der Waals surface area contributed by atoms with Crippen molar-refractivity contribution in [2.75, 3.05) is 16.8 Å². The highest BCUT2D eigenvalue weighted by atomic mass is 32.2. The molecule has 0 unspecified atom stereocenters. The summed E-state index contributed by atoms with van der Waals surface area (Å²) >= 11 is 0. The molecule has 5 nitrogen and oxygen atoms in total. The molecule has 1 aliphatic rings. The number of anilines is 1. The van der Waals surface area contributed by atoms with E-state index >= 15 is 0 Å². The number of nitrogens with one attached hydrogen (secondary N) is 1. The largest absolute Gasteiger partial charge is 0.311 e. The molecule has 1 fully saturated rings. The minimum absolute atomic E-state index is 0.0950. The summed E-state index contributed by atoms with van der Waals surface area (Å²) in [7, 11) is -2.86. The third kappa shape index (κ3) is 4.31. The normalized spacial score (nSPS) is 19.0. The summed E-state index contributed by atoms with van der Waals surface area (Å²) in [6.07, 6.45) is 3.18. The van der Waals surface area contributed by atoms with Gasteiger partial charge in [0.2, 0.25) is 5.91 Å². The molecule has 0 aliphatic carbocycles. The fraction of sp³-hybridized carbons (Fsp3) is 0.538. The lowest BCUT2D eigenvalue weighted by molar-refractivity contribution is -0.117. The van der Waals surface area contributed by atoms with Crippen molar-refractivity contribution in [2.45, 2.75) is 26.2 Å². The number of carbonyl (C=O) groups excluding carboxylic acids is 1. The summed E-state index contributed by atoms with van der Waals surface area (Å²) in [5.74, 6) is 1.02. The maximum Gasteiger partial charge on any atom is 0.225 e. The Morgan fingerprint density at radius 3 is 2.74 bits per heavy atom. The lowest BCUT2D eigenvalue weighted by Crippen LogP contribution is -2.26. The van der Waals surface area contributed by atoms with Gasteiger partial charge < -0.3 is 5.32 Å². The van der Waals surface area contributed by atoms with Crippen molar-refractivity contribution >= 4 is 21.6 Å². The zero-order chi connectivity index (χ0) is 13.9. The fourth-order valence-corrected chi connectivity index (χ4v) is 3.79. The van der Waals surface area contributed by atoms with Crippen LogP contribution in [0.3, 0.4) is 0 Å². The first kappa shape index (κ1) is 14.0. The van der Waals surface area contributed by atoms with Gasteiger partial charge in [0.15, 0.2) is 0 Å². The van der Waals surface area contributed by atoms with E-state index in [-0.39, 0.29) is 23.3 Å². The molecule has 1 aromatic heterocycles. The summed E-state index contributed by atoms with van der Waals surface area (Å²) in [4.78, 5) is 15.9. The Morgan fingerprint density at radius 2 is 2.11 bits per heavy atom. The van der Waals surface area contributed by atoms with Crippen molar-refractivity contribution in [3.05, 3.63) is 23.9 Å². The number of hydrogen-bond donors (Lipinski definition) is 1. The number of nitrogens with zero attached hydrogens (tertiary/aromatic N) is 1. The van der Waals surface area contributed by atoms with Crippen molar-refractivity contribution in [1.82, 2.24) is 4.98 Å². The van der Waals surface area contributed by atoms with E-state index in [9.17, 15) is 13.2 Å². The minimum Gasteiger partial charge on any atom is -0.311 e. The highest BCUT2D eigenvalue weighted by Crippen LogP contribution is 2.22. The first-order chi connectivity index (χ1) is 8.94. The topological polar surface area (TPSA) is 76.1 Å². The molecular formula is C13H18N2O3S. The van der Waals surface area contributed by atoms with Gasteiger partial charge in [0.1, 0.15) is 15.7 Å². The third-order valence-corrected chi connectivity index (χ3v) is 5.05. The maximum absolute atomic E-state index is 11.9. The molecule has 1 saturated heterocycles. The third-order valence-electron chi connectivity index (χ3n) is 3.33. The Kier molecular flexibility index (Phi) is 4.19. The van der Waals surface area contributed by atoms with Gasteiger partial charge in [-0.25, -0.2) is 13.4 Å². The van der Waals surface area contributed by atoms with Crippen LogP contribution in [-0.4, -0.2) is 30.8 Å². The van der Waals surface area contributed by atoms with Crippen LogP contribution in [-0.2, 0) is 14.6 Å². The van der Waals surface area contributed by atoms with Crippen molar-refractivity contribution in [1.29, 1.82) is 0 Å². The van der Waals surface area contributed by atoms with E-state index in [1.807, 2.05) is 19.1 Å². The molecule has 1 aromatic rings. The second kappa shape index (κ2) is 5.69. The molecule has 0 saturated carbocycles. The van der Waals surface area contributed by atoms with E-state index in [4.69, 9.17) is 0 Å². The Hall–Kier alpha value is -1.43. The summed E-state index contributed by atoms with van der Waals surface area (Å²) in [5.41, 5.74) is 1.04. The van der Waals surface area contributed by atoms with Crippen molar-refractivity contribution in [2.24, 2.45) is 5.92 Å². The standard InChI is InChI=1S/C13H18N2O3S/c1-10-2-5-14-12(8-10)15-13(16)9-11-3-6-19(17,18)7-4-11/h2,5,8,11H,3-4,6-7,9H2,1H3,(H,14,15,16). The molecule has 19 heavy (non-hydrogen) atoms. The highest BCUT2D eigenvalue weighted by Gasteiger charge is 2.25. The van der Waals surface area contributed by atoms with Crippen LogP contribution in [0.4, 0.5) is 5.82 Å². The monoisotopic (exact) mass is 282 g/mol. The van der Waals surface area contributed by atoms with Crippen LogP contribution in [0.1, 0.15) is 24.8 Å². The number of rotatable bonds is 3. The minimum atomic E-state index is -2.86. The predicted octanol–water partition coefficient (Wildman–Crippen LogP) is 1.54. The number of carbonyl (C=O) groups is 1. The number of sulfone groups is 1. The van der Waals surface area contributed by atoms with Gasteiger partial charge in [0.25, 0.3) is 0 Å². The Morgan fingerprint density at radius 1 is 1.42 bits per heavy atom. The van der Waals surface area contributed by atoms with Crippen molar-refractivity contribution in [3.63, 3.8) is 0 Å². The SMILES string of the molecule is Cc1ccnc(NC(=O)CC2CCS(=O)(=O)CC2)c1. The highest BCUT2D eigenvalue weighted by molar-refractivity contribution is 7.91. The maximum atomic E-state index is 11.9. The number of aryl methyl sites for hydroxylation is 1. The number of pyridine rings is 1. The first-order valence-electron chi connectivity index (χ1n) is 6.37. The van der Waals surface area contributed by atoms with Gasteiger partial charge in [0, 0.05) is 12.6 Å². The second-order valence-electron chi connectivity index (χ2n) is 5.07. The molecule has 104 valence electrons. The van der Waals surface area contributed by atoms with Gasteiger partial charge in [-0.15, -0.1) is 0 Å². The van der Waals surface area contributed by atoms with Crippen LogP contribution in [0.2, 0.25) is 0 Å². The summed E-state index contributed by atoms with van der Waals surface area (Å²) in [5, 5.41) is 2.75. The predicted molar refractivity (Wildman–Crippen MR) is 73.6 cm³/mol. The Labute approximate surface area is 113 Å².